The third-order valence-corrected chi connectivity index (χ3v) is 2.54. The molecule has 0 bridgehead atoms. The summed E-state index contributed by atoms with van der Waals surface area (Å²) in [5.41, 5.74) is -4.65. The van der Waals surface area contributed by atoms with Crippen LogP contribution in [-0.4, -0.2) is 39.3 Å². The molecule has 122 valence electrons. The van der Waals surface area contributed by atoms with Gasteiger partial charge in [-0.25, -0.2) is 0 Å². The van der Waals surface area contributed by atoms with Crippen LogP contribution in [0.5, 0.6) is 0 Å². The number of nitro groups is 2. The summed E-state index contributed by atoms with van der Waals surface area (Å²) in [6.45, 7) is -1.27. The topological polar surface area (TPSA) is 139 Å². The summed E-state index contributed by atoms with van der Waals surface area (Å²) in [5, 5.41) is 41.6. The highest BCUT2D eigenvalue weighted by Gasteiger charge is 2.37. The number of aliphatic hydroxyl groups is 2. The number of aliphatic hydroxyl groups excluding tert-OH is 2. The van der Waals surface area contributed by atoms with Gasteiger partial charge < -0.3 is 15.5 Å². The molecule has 12 heteroatoms. The summed E-state index contributed by atoms with van der Waals surface area (Å²) in [6.07, 6.45) is -6.40. The van der Waals surface area contributed by atoms with Gasteiger partial charge in [0, 0.05) is 18.7 Å². The average Bonchev–Trinajstić information content (AvgIpc) is 2.42. The highest BCUT2D eigenvalue weighted by Crippen LogP contribution is 2.41. The van der Waals surface area contributed by atoms with E-state index in [1.54, 1.807) is 0 Å². The predicted octanol–water partition coefficient (Wildman–Crippen LogP) is 1.29. The van der Waals surface area contributed by atoms with Gasteiger partial charge in [-0.2, -0.15) is 13.2 Å². The van der Waals surface area contributed by atoms with Gasteiger partial charge >= 0.3 is 6.18 Å². The van der Waals surface area contributed by atoms with E-state index in [-0.39, 0.29) is 12.1 Å². The van der Waals surface area contributed by atoms with E-state index in [2.05, 4.69) is 5.32 Å². The molecule has 0 radical (unpaired) electrons. The zero-order valence-electron chi connectivity index (χ0n) is 10.7. The lowest BCUT2D eigenvalue weighted by atomic mass is 10.1. The Balaban J connectivity index is 3.44. The van der Waals surface area contributed by atoms with Crippen molar-refractivity contribution in [1.29, 1.82) is 0 Å². The number of nitrogens with zero attached hydrogens (tertiary/aromatic N) is 2. The van der Waals surface area contributed by atoms with Crippen molar-refractivity contribution in [2.75, 3.05) is 18.5 Å². The molecule has 0 amide bonds. The predicted molar refractivity (Wildman–Crippen MR) is 66.3 cm³/mol. The molecule has 0 saturated heterocycles. The first-order valence-electron chi connectivity index (χ1n) is 5.64. The molecule has 0 aromatic heterocycles. The minimum Gasteiger partial charge on any atom is -0.394 e. The molecule has 22 heavy (non-hydrogen) atoms. The van der Waals surface area contributed by atoms with Crippen molar-refractivity contribution in [2.24, 2.45) is 0 Å². The van der Waals surface area contributed by atoms with Gasteiger partial charge in [0.2, 0.25) is 0 Å². The van der Waals surface area contributed by atoms with Crippen LogP contribution >= 0.6 is 0 Å². The van der Waals surface area contributed by atoms with E-state index in [0.717, 1.165) is 0 Å². The lowest BCUT2D eigenvalue weighted by Crippen LogP contribution is -2.24. The van der Waals surface area contributed by atoms with Gasteiger partial charge in [0.1, 0.15) is 0 Å². The Morgan fingerprint density at radius 2 is 1.64 bits per heavy atom. The number of anilines is 1. The Morgan fingerprint density at radius 3 is 1.95 bits per heavy atom. The largest absolute Gasteiger partial charge is 0.416 e. The van der Waals surface area contributed by atoms with Gasteiger partial charge in [-0.05, 0) is 0 Å². The molecule has 0 spiro atoms. The van der Waals surface area contributed by atoms with Crippen LogP contribution in [0.1, 0.15) is 5.56 Å². The van der Waals surface area contributed by atoms with Gasteiger partial charge in [0.25, 0.3) is 11.4 Å². The van der Waals surface area contributed by atoms with Crippen LogP contribution in [-0.2, 0) is 6.18 Å². The van der Waals surface area contributed by atoms with Gasteiger partial charge in [-0.1, -0.05) is 0 Å². The van der Waals surface area contributed by atoms with Gasteiger partial charge in [-0.15, -0.1) is 0 Å². The van der Waals surface area contributed by atoms with Crippen molar-refractivity contribution in [3.05, 3.63) is 37.9 Å². The molecule has 1 aromatic carbocycles. The summed E-state index contributed by atoms with van der Waals surface area (Å²) >= 11 is 0. The Kier molecular flexibility index (Phi) is 5.22. The van der Waals surface area contributed by atoms with Crippen LogP contribution in [0.3, 0.4) is 0 Å². The zero-order valence-corrected chi connectivity index (χ0v) is 10.7. The molecule has 1 aromatic rings. The van der Waals surface area contributed by atoms with Crippen LogP contribution < -0.4 is 5.32 Å². The van der Waals surface area contributed by atoms with E-state index in [9.17, 15) is 33.4 Å². The highest BCUT2D eigenvalue weighted by molar-refractivity contribution is 5.75. The van der Waals surface area contributed by atoms with Crippen LogP contribution in [0.15, 0.2) is 12.1 Å². The van der Waals surface area contributed by atoms with Gasteiger partial charge in [0.05, 0.1) is 28.1 Å². The Morgan fingerprint density at radius 1 is 1.18 bits per heavy atom. The first kappa shape index (κ1) is 17.6. The second-order valence-corrected chi connectivity index (χ2v) is 4.12. The summed E-state index contributed by atoms with van der Waals surface area (Å²) in [4.78, 5) is 19.3. The normalized spacial score (nSPS) is 12.8. The van der Waals surface area contributed by atoms with Crippen LogP contribution in [0, 0.1) is 20.2 Å². The second kappa shape index (κ2) is 6.53. The van der Waals surface area contributed by atoms with Crippen LogP contribution in [0.4, 0.5) is 30.2 Å². The number of hydrogen-bond acceptors (Lipinski definition) is 7. The fourth-order valence-corrected chi connectivity index (χ4v) is 1.53. The molecule has 0 saturated carbocycles. The number of rotatable bonds is 6. The van der Waals surface area contributed by atoms with Crippen molar-refractivity contribution in [2.45, 2.75) is 12.3 Å². The van der Waals surface area contributed by atoms with Crippen molar-refractivity contribution >= 4 is 17.1 Å². The average molecular weight is 325 g/mol. The van der Waals surface area contributed by atoms with Crippen molar-refractivity contribution in [3.8, 4) is 0 Å². The maximum atomic E-state index is 12.6. The number of benzene rings is 1. The fraction of sp³-hybridized carbons (Fsp3) is 0.400. The minimum absolute atomic E-state index is 0.153. The zero-order chi connectivity index (χ0) is 17.1. The van der Waals surface area contributed by atoms with E-state index in [1.165, 1.54) is 0 Å². The molecule has 0 aliphatic heterocycles. The summed E-state index contributed by atoms with van der Waals surface area (Å²) in [7, 11) is 0. The van der Waals surface area contributed by atoms with Crippen molar-refractivity contribution in [3.63, 3.8) is 0 Å². The van der Waals surface area contributed by atoms with E-state index < -0.39 is 57.9 Å². The number of halogens is 3. The van der Waals surface area contributed by atoms with E-state index in [0.29, 0.717) is 0 Å². The van der Waals surface area contributed by atoms with Crippen LogP contribution in [0.25, 0.3) is 0 Å². The van der Waals surface area contributed by atoms with E-state index >= 15 is 0 Å². The van der Waals surface area contributed by atoms with Crippen molar-refractivity contribution < 1.29 is 33.2 Å². The Labute approximate surface area is 120 Å². The Hall–Kier alpha value is -2.47. The first-order valence-corrected chi connectivity index (χ1v) is 5.64. The smallest absolute Gasteiger partial charge is 0.394 e. The molecule has 0 heterocycles. The molecule has 1 rings (SSSR count). The lowest BCUT2D eigenvalue weighted by Gasteiger charge is -2.13. The lowest BCUT2D eigenvalue weighted by molar-refractivity contribution is -0.392. The molecule has 3 N–H and O–H groups in total. The third kappa shape index (κ3) is 4.02. The SMILES string of the molecule is O=[N+]([O-])c1cc(C(F)(F)F)cc([N+](=O)[O-])c1NCC(O)CO. The molecular formula is C10H10F3N3O6. The van der Waals surface area contributed by atoms with E-state index in [1.807, 2.05) is 0 Å². The second-order valence-electron chi connectivity index (χ2n) is 4.12. The highest BCUT2D eigenvalue weighted by atomic mass is 19.4. The number of nitro benzene ring substituents is 2. The summed E-state index contributed by atoms with van der Waals surface area (Å²) in [5.74, 6) is 0. The monoisotopic (exact) mass is 325 g/mol. The standard InChI is InChI=1S/C10H10F3N3O6/c11-10(12,13)5-1-7(15(19)20)9(8(2-5)16(21)22)14-3-6(18)4-17/h1-2,6,14,17-18H,3-4H2. The molecule has 0 aliphatic rings. The molecule has 9 nitrogen and oxygen atoms in total. The minimum atomic E-state index is -5.00. The first-order chi connectivity index (χ1) is 10.1. The number of alkyl halides is 3. The molecular weight excluding hydrogens is 315 g/mol. The van der Waals surface area contributed by atoms with Gasteiger partial charge in [-0.3, -0.25) is 20.2 Å². The van der Waals surface area contributed by atoms with E-state index in [4.69, 9.17) is 10.2 Å². The number of hydrogen-bond donors (Lipinski definition) is 3. The Bertz CT molecular complexity index is 557. The van der Waals surface area contributed by atoms with Gasteiger partial charge in [0.15, 0.2) is 5.69 Å². The summed E-state index contributed by atoms with van der Waals surface area (Å²) in [6, 6.07) is 0.307. The fourth-order valence-electron chi connectivity index (χ4n) is 1.53. The maximum Gasteiger partial charge on any atom is 0.416 e. The molecule has 0 fully saturated rings. The molecule has 1 atom stereocenters. The maximum absolute atomic E-state index is 12.6. The quantitative estimate of drug-likeness (QED) is 0.529. The van der Waals surface area contributed by atoms with Crippen LogP contribution in [0.2, 0.25) is 0 Å². The third-order valence-electron chi connectivity index (χ3n) is 2.54. The summed E-state index contributed by atoms with van der Waals surface area (Å²) < 4.78 is 37.9. The van der Waals surface area contributed by atoms with Crippen molar-refractivity contribution in [1.82, 2.24) is 0 Å². The molecule has 1 unspecified atom stereocenters. The number of nitrogens with one attached hydrogen (secondary N) is 1. The molecule has 0 aliphatic carbocycles.